The third-order valence-corrected chi connectivity index (χ3v) is 6.16. The molecule has 8 heteroatoms. The fraction of sp³-hybridized carbons (Fsp3) is 0.556. The van der Waals surface area contributed by atoms with Crippen LogP contribution in [0, 0.1) is 5.92 Å². The van der Waals surface area contributed by atoms with Gasteiger partial charge in [-0.05, 0) is 18.6 Å². The Labute approximate surface area is 156 Å². The van der Waals surface area contributed by atoms with E-state index in [1.54, 1.807) is 25.6 Å². The van der Waals surface area contributed by atoms with Gasteiger partial charge in [0.2, 0.25) is 5.91 Å². The highest BCUT2D eigenvalue weighted by Crippen LogP contribution is 2.41. The second kappa shape index (κ2) is 7.28. The van der Waals surface area contributed by atoms with Gasteiger partial charge in [0.05, 0.1) is 33.4 Å². The first kappa shape index (κ1) is 17.4. The normalized spacial score (nSPS) is 20.6. The van der Waals surface area contributed by atoms with E-state index in [4.69, 9.17) is 19.2 Å². The van der Waals surface area contributed by atoms with Gasteiger partial charge in [0.1, 0.15) is 21.7 Å². The zero-order chi connectivity index (χ0) is 18.1. The molecule has 0 N–H and O–H groups in total. The second-order valence-corrected chi connectivity index (χ2v) is 7.49. The third-order valence-electron chi connectivity index (χ3n) is 5.03. The van der Waals surface area contributed by atoms with Crippen LogP contribution in [-0.4, -0.2) is 69.4 Å². The van der Waals surface area contributed by atoms with Crippen LogP contribution in [0.25, 0.3) is 10.2 Å². The van der Waals surface area contributed by atoms with Crippen molar-refractivity contribution in [2.24, 2.45) is 5.92 Å². The molecule has 1 atom stereocenters. The summed E-state index contributed by atoms with van der Waals surface area (Å²) < 4.78 is 17.2. The van der Waals surface area contributed by atoms with Gasteiger partial charge in [-0.25, -0.2) is 4.98 Å². The molecule has 2 aliphatic rings. The number of carbonyl (C=O) groups is 1. The van der Waals surface area contributed by atoms with Crippen molar-refractivity contribution in [2.75, 3.05) is 58.5 Å². The summed E-state index contributed by atoms with van der Waals surface area (Å²) in [5, 5.41) is 0.917. The van der Waals surface area contributed by atoms with Crippen molar-refractivity contribution in [1.29, 1.82) is 0 Å². The number of morpholine rings is 1. The Kier molecular flexibility index (Phi) is 4.86. The van der Waals surface area contributed by atoms with Crippen LogP contribution in [0.4, 0.5) is 5.13 Å². The third kappa shape index (κ3) is 3.07. The molecule has 0 saturated carbocycles. The monoisotopic (exact) mass is 377 g/mol. The predicted octanol–water partition coefficient (Wildman–Crippen LogP) is 2.00. The van der Waals surface area contributed by atoms with Gasteiger partial charge in [-0.3, -0.25) is 4.79 Å². The number of benzene rings is 1. The number of rotatable bonds is 4. The van der Waals surface area contributed by atoms with Gasteiger partial charge in [-0.15, -0.1) is 0 Å². The largest absolute Gasteiger partial charge is 0.495 e. The molecule has 0 bridgehead atoms. The molecule has 140 valence electrons. The lowest BCUT2D eigenvalue weighted by molar-refractivity contribution is -0.138. The Morgan fingerprint density at radius 1 is 1.19 bits per heavy atom. The molecule has 2 aromatic rings. The van der Waals surface area contributed by atoms with E-state index in [1.807, 2.05) is 17.0 Å². The smallest absolute Gasteiger partial charge is 0.227 e. The maximum atomic E-state index is 12.7. The van der Waals surface area contributed by atoms with Crippen molar-refractivity contribution in [3.63, 3.8) is 0 Å². The minimum Gasteiger partial charge on any atom is -0.495 e. The average Bonchev–Trinajstić information content (AvgIpc) is 3.34. The molecule has 0 aliphatic carbocycles. The standard InChI is InChI=1S/C18H23N3O4S/c1-23-13-3-4-14(24-2)16-15(13)19-18(26-16)21-6-5-12(11-21)17(22)20-7-9-25-10-8-20/h3-4,12H,5-11H2,1-2H3. The zero-order valence-corrected chi connectivity index (χ0v) is 15.9. The van der Waals surface area contributed by atoms with E-state index in [0.29, 0.717) is 32.8 Å². The highest BCUT2D eigenvalue weighted by Gasteiger charge is 2.33. The first-order valence-electron chi connectivity index (χ1n) is 8.84. The number of carbonyl (C=O) groups excluding carboxylic acids is 1. The summed E-state index contributed by atoms with van der Waals surface area (Å²) in [6.07, 6.45) is 0.861. The Balaban J connectivity index is 1.54. The van der Waals surface area contributed by atoms with Crippen molar-refractivity contribution in [3.8, 4) is 11.5 Å². The van der Waals surface area contributed by atoms with Gasteiger partial charge in [-0.1, -0.05) is 11.3 Å². The summed E-state index contributed by atoms with van der Waals surface area (Å²) in [6, 6.07) is 3.78. The Hall–Kier alpha value is -2.06. The number of ether oxygens (including phenoxy) is 3. The molecule has 2 aliphatic heterocycles. The minimum absolute atomic E-state index is 0.0314. The van der Waals surface area contributed by atoms with Crippen LogP contribution >= 0.6 is 11.3 Å². The maximum Gasteiger partial charge on any atom is 0.227 e. The molecule has 1 aromatic heterocycles. The van der Waals surface area contributed by atoms with Crippen LogP contribution < -0.4 is 14.4 Å². The fourth-order valence-corrected chi connectivity index (χ4v) is 4.70. The van der Waals surface area contributed by atoms with E-state index in [0.717, 1.165) is 39.8 Å². The number of methoxy groups -OCH3 is 2. The van der Waals surface area contributed by atoms with E-state index in [2.05, 4.69) is 4.90 Å². The van der Waals surface area contributed by atoms with Crippen LogP contribution in [-0.2, 0) is 9.53 Å². The molecule has 0 spiro atoms. The van der Waals surface area contributed by atoms with Gasteiger partial charge in [0.15, 0.2) is 5.13 Å². The number of thiazole rings is 1. The first-order chi connectivity index (χ1) is 12.7. The van der Waals surface area contributed by atoms with Crippen molar-refractivity contribution in [3.05, 3.63) is 12.1 Å². The van der Waals surface area contributed by atoms with Crippen LogP contribution in [0.15, 0.2) is 12.1 Å². The lowest BCUT2D eigenvalue weighted by Crippen LogP contribution is -2.44. The molecule has 1 amide bonds. The number of nitrogens with zero attached hydrogens (tertiary/aromatic N) is 3. The highest BCUT2D eigenvalue weighted by molar-refractivity contribution is 7.22. The zero-order valence-electron chi connectivity index (χ0n) is 15.1. The first-order valence-corrected chi connectivity index (χ1v) is 9.66. The lowest BCUT2D eigenvalue weighted by atomic mass is 10.1. The molecule has 2 saturated heterocycles. The van der Waals surface area contributed by atoms with Gasteiger partial charge in [-0.2, -0.15) is 0 Å². The summed E-state index contributed by atoms with van der Waals surface area (Å²) in [5.74, 6) is 1.81. The summed E-state index contributed by atoms with van der Waals surface area (Å²) >= 11 is 1.59. The summed E-state index contributed by atoms with van der Waals surface area (Å²) in [7, 11) is 3.31. The quantitative estimate of drug-likeness (QED) is 0.812. The molecule has 1 unspecified atom stereocenters. The fourth-order valence-electron chi connectivity index (χ4n) is 3.59. The molecule has 26 heavy (non-hydrogen) atoms. The van der Waals surface area contributed by atoms with Crippen LogP contribution in [0.1, 0.15) is 6.42 Å². The van der Waals surface area contributed by atoms with E-state index >= 15 is 0 Å². The van der Waals surface area contributed by atoms with Gasteiger partial charge in [0.25, 0.3) is 0 Å². The second-order valence-electron chi connectivity index (χ2n) is 6.51. The summed E-state index contributed by atoms with van der Waals surface area (Å²) in [4.78, 5) is 21.6. The van der Waals surface area contributed by atoms with Crippen LogP contribution in [0.3, 0.4) is 0 Å². The molecule has 4 rings (SSSR count). The van der Waals surface area contributed by atoms with Crippen molar-refractivity contribution in [2.45, 2.75) is 6.42 Å². The number of aromatic nitrogens is 1. The number of fused-ring (bicyclic) bond motifs is 1. The van der Waals surface area contributed by atoms with E-state index in [-0.39, 0.29) is 11.8 Å². The SMILES string of the molecule is COc1ccc(OC)c2sc(N3CCC(C(=O)N4CCOCC4)C3)nc12. The lowest BCUT2D eigenvalue weighted by Gasteiger charge is -2.29. The Bertz CT molecular complexity index is 762. The van der Waals surface area contributed by atoms with Crippen LogP contribution in [0.5, 0.6) is 11.5 Å². The topological polar surface area (TPSA) is 64.1 Å². The molecule has 7 nitrogen and oxygen atoms in total. The van der Waals surface area contributed by atoms with Crippen molar-refractivity contribution >= 4 is 32.6 Å². The van der Waals surface area contributed by atoms with Gasteiger partial charge in [0, 0.05) is 26.2 Å². The minimum atomic E-state index is 0.0314. The summed E-state index contributed by atoms with van der Waals surface area (Å²) in [5.41, 5.74) is 0.815. The number of anilines is 1. The Morgan fingerprint density at radius 3 is 2.65 bits per heavy atom. The van der Waals surface area contributed by atoms with Crippen molar-refractivity contribution < 1.29 is 19.0 Å². The molecule has 1 aromatic carbocycles. The van der Waals surface area contributed by atoms with E-state index < -0.39 is 0 Å². The van der Waals surface area contributed by atoms with Crippen molar-refractivity contribution in [1.82, 2.24) is 9.88 Å². The van der Waals surface area contributed by atoms with E-state index in [9.17, 15) is 4.79 Å². The average molecular weight is 377 g/mol. The number of hydrogen-bond acceptors (Lipinski definition) is 7. The van der Waals surface area contributed by atoms with Crippen LogP contribution in [0.2, 0.25) is 0 Å². The van der Waals surface area contributed by atoms with Gasteiger partial charge < -0.3 is 24.0 Å². The molecule has 3 heterocycles. The van der Waals surface area contributed by atoms with Gasteiger partial charge >= 0.3 is 0 Å². The molecule has 2 fully saturated rings. The highest BCUT2D eigenvalue weighted by atomic mass is 32.1. The summed E-state index contributed by atoms with van der Waals surface area (Å²) in [6.45, 7) is 4.22. The predicted molar refractivity (Wildman–Crippen MR) is 100 cm³/mol. The number of hydrogen-bond donors (Lipinski definition) is 0. The molecular weight excluding hydrogens is 354 g/mol. The molecule has 0 radical (unpaired) electrons. The molecular formula is C18H23N3O4S. The Morgan fingerprint density at radius 2 is 1.92 bits per heavy atom. The maximum absolute atomic E-state index is 12.7. The van der Waals surface area contributed by atoms with E-state index in [1.165, 1.54) is 0 Å². The number of amides is 1.